The summed E-state index contributed by atoms with van der Waals surface area (Å²) in [5.41, 5.74) is 1.36. The predicted octanol–water partition coefficient (Wildman–Crippen LogP) is 4.31. The molecule has 0 radical (unpaired) electrons. The van der Waals surface area contributed by atoms with E-state index in [0.717, 1.165) is 6.42 Å². The molecule has 2 heterocycles. The first kappa shape index (κ1) is 18.1. The normalized spacial score (nSPS) is 16.2. The van der Waals surface area contributed by atoms with Gasteiger partial charge in [0.25, 0.3) is 0 Å². The Balaban J connectivity index is 1.97. The summed E-state index contributed by atoms with van der Waals surface area (Å²) in [7, 11) is 0. The highest BCUT2D eigenvalue weighted by Gasteiger charge is 2.32. The molecule has 1 aromatic heterocycles. The van der Waals surface area contributed by atoms with Crippen LogP contribution in [0.4, 0.5) is 0 Å². The van der Waals surface area contributed by atoms with Gasteiger partial charge in [-0.1, -0.05) is 26.0 Å². The number of esters is 1. The smallest absolute Gasteiger partial charge is 0.311 e. The summed E-state index contributed by atoms with van der Waals surface area (Å²) in [6, 6.07) is 7.48. The van der Waals surface area contributed by atoms with Gasteiger partial charge in [0.1, 0.15) is 34.5 Å². The maximum absolute atomic E-state index is 13.1. The molecular weight excluding hydrogens is 360 g/mol. The molecule has 6 heteroatoms. The lowest BCUT2D eigenvalue weighted by atomic mass is 9.84. The van der Waals surface area contributed by atoms with Gasteiger partial charge in [-0.3, -0.25) is 9.59 Å². The highest BCUT2D eigenvalue weighted by atomic mass is 16.5. The van der Waals surface area contributed by atoms with Crippen LogP contribution in [0.25, 0.3) is 22.1 Å². The Morgan fingerprint density at radius 3 is 2.54 bits per heavy atom. The summed E-state index contributed by atoms with van der Waals surface area (Å²) in [5.74, 6) is -0.143. The number of hydrogen-bond donors (Lipinski definition) is 2. The summed E-state index contributed by atoms with van der Waals surface area (Å²) in [6.07, 6.45) is 2.28. The van der Waals surface area contributed by atoms with Crippen LogP contribution >= 0.6 is 0 Å². The van der Waals surface area contributed by atoms with E-state index in [0.29, 0.717) is 17.0 Å². The summed E-state index contributed by atoms with van der Waals surface area (Å²) >= 11 is 0. The van der Waals surface area contributed by atoms with E-state index in [1.165, 1.54) is 24.5 Å². The van der Waals surface area contributed by atoms with Gasteiger partial charge in [0.05, 0.1) is 12.0 Å². The molecule has 1 atom stereocenters. The third kappa shape index (κ3) is 3.01. The quantitative estimate of drug-likeness (QED) is 0.519. The van der Waals surface area contributed by atoms with Crippen molar-refractivity contribution in [3.05, 3.63) is 52.4 Å². The van der Waals surface area contributed by atoms with Crippen LogP contribution in [0.5, 0.6) is 17.2 Å². The van der Waals surface area contributed by atoms with Gasteiger partial charge in [-0.05, 0) is 30.0 Å². The molecule has 144 valence electrons. The fourth-order valence-electron chi connectivity index (χ4n) is 3.83. The maximum atomic E-state index is 13.1. The van der Waals surface area contributed by atoms with Crippen LogP contribution in [0, 0.1) is 5.92 Å². The molecule has 6 nitrogen and oxygen atoms in total. The number of benzene rings is 2. The largest absolute Gasteiger partial charge is 0.508 e. The van der Waals surface area contributed by atoms with Crippen molar-refractivity contribution in [2.24, 2.45) is 5.92 Å². The lowest BCUT2D eigenvalue weighted by molar-refractivity contribution is -0.136. The van der Waals surface area contributed by atoms with E-state index in [4.69, 9.17) is 9.15 Å². The van der Waals surface area contributed by atoms with Crippen LogP contribution in [0.15, 0.2) is 45.8 Å². The monoisotopic (exact) mass is 380 g/mol. The van der Waals surface area contributed by atoms with Gasteiger partial charge < -0.3 is 19.4 Å². The average Bonchev–Trinajstić information content (AvgIpc) is 2.61. The molecule has 0 unspecified atom stereocenters. The number of phenols is 2. The van der Waals surface area contributed by atoms with E-state index in [1.807, 2.05) is 0 Å². The van der Waals surface area contributed by atoms with E-state index in [9.17, 15) is 19.8 Å². The Labute approximate surface area is 161 Å². The van der Waals surface area contributed by atoms with Crippen LogP contribution in [0.3, 0.4) is 0 Å². The van der Waals surface area contributed by atoms with Crippen LogP contribution < -0.4 is 10.2 Å². The van der Waals surface area contributed by atoms with Gasteiger partial charge in [0.15, 0.2) is 0 Å². The summed E-state index contributed by atoms with van der Waals surface area (Å²) in [5, 5.41) is 20.0. The van der Waals surface area contributed by atoms with Crippen molar-refractivity contribution < 1.29 is 24.2 Å². The van der Waals surface area contributed by atoms with Crippen molar-refractivity contribution in [2.45, 2.75) is 32.6 Å². The molecule has 2 N–H and O–H groups in total. The van der Waals surface area contributed by atoms with E-state index >= 15 is 0 Å². The number of phenolic OH excluding ortho intramolecular Hbond substituents is 2. The second-order valence-electron chi connectivity index (χ2n) is 7.54. The summed E-state index contributed by atoms with van der Waals surface area (Å²) in [4.78, 5) is 25.1. The standard InChI is InChI=1S/C22H20O6/c1-11(2)7-13-8-18(25)28-17-9-16(24)20-21(26)15(10-27-22(20)19(13)17)12-3-5-14(23)6-4-12/h3-6,9-11,13,23-24H,7-8H2,1-2H3/t13-/m1/s1. The van der Waals surface area contributed by atoms with Crippen molar-refractivity contribution in [3.63, 3.8) is 0 Å². The van der Waals surface area contributed by atoms with Crippen LogP contribution in [0.1, 0.15) is 38.2 Å². The highest BCUT2D eigenvalue weighted by Crippen LogP contribution is 2.45. The molecule has 0 saturated heterocycles. The van der Waals surface area contributed by atoms with Gasteiger partial charge in [0, 0.05) is 17.5 Å². The molecule has 0 saturated carbocycles. The first-order valence-electron chi connectivity index (χ1n) is 9.16. The second kappa shape index (κ2) is 6.71. The highest BCUT2D eigenvalue weighted by molar-refractivity contribution is 5.93. The topological polar surface area (TPSA) is 97.0 Å². The minimum Gasteiger partial charge on any atom is -0.508 e. The molecular formula is C22H20O6. The van der Waals surface area contributed by atoms with Crippen LogP contribution in [-0.4, -0.2) is 16.2 Å². The van der Waals surface area contributed by atoms with Gasteiger partial charge in [0.2, 0.25) is 5.43 Å². The molecule has 2 aromatic carbocycles. The molecule has 1 aliphatic heterocycles. The molecule has 0 spiro atoms. The third-order valence-corrected chi connectivity index (χ3v) is 5.01. The number of fused-ring (bicyclic) bond motifs is 3. The van der Waals surface area contributed by atoms with Crippen molar-refractivity contribution in [1.82, 2.24) is 0 Å². The number of aromatic hydroxyl groups is 2. The average molecular weight is 380 g/mol. The zero-order valence-corrected chi connectivity index (χ0v) is 15.6. The van der Waals surface area contributed by atoms with Crippen molar-refractivity contribution in [2.75, 3.05) is 0 Å². The first-order valence-corrected chi connectivity index (χ1v) is 9.16. The second-order valence-corrected chi connectivity index (χ2v) is 7.54. The number of carbonyl (C=O) groups is 1. The molecule has 28 heavy (non-hydrogen) atoms. The Morgan fingerprint density at radius 1 is 1.14 bits per heavy atom. The number of hydrogen-bond acceptors (Lipinski definition) is 6. The Bertz CT molecular complexity index is 1120. The van der Waals surface area contributed by atoms with Gasteiger partial charge >= 0.3 is 5.97 Å². The lowest BCUT2D eigenvalue weighted by Gasteiger charge is -2.26. The van der Waals surface area contributed by atoms with Crippen molar-refractivity contribution in [1.29, 1.82) is 0 Å². The minimum atomic E-state index is -0.382. The third-order valence-electron chi connectivity index (χ3n) is 5.01. The van der Waals surface area contributed by atoms with E-state index < -0.39 is 0 Å². The lowest BCUT2D eigenvalue weighted by Crippen LogP contribution is -2.22. The fraction of sp³-hybridized carbons (Fsp3) is 0.273. The van der Waals surface area contributed by atoms with Gasteiger partial charge in [-0.2, -0.15) is 0 Å². The van der Waals surface area contributed by atoms with Gasteiger partial charge in [-0.25, -0.2) is 0 Å². The number of ether oxygens (including phenoxy) is 1. The fourth-order valence-corrected chi connectivity index (χ4v) is 3.83. The molecule has 0 fully saturated rings. The van der Waals surface area contributed by atoms with E-state index in [2.05, 4.69) is 13.8 Å². The van der Waals surface area contributed by atoms with E-state index in [1.54, 1.807) is 12.1 Å². The Hall–Kier alpha value is -3.28. The Kier molecular flexibility index (Phi) is 4.34. The molecule has 0 bridgehead atoms. The zero-order chi connectivity index (χ0) is 20.0. The number of rotatable bonds is 3. The Morgan fingerprint density at radius 2 is 1.86 bits per heavy atom. The van der Waals surface area contributed by atoms with Gasteiger partial charge in [-0.15, -0.1) is 0 Å². The molecule has 0 amide bonds. The molecule has 4 rings (SSSR count). The SMILES string of the molecule is CC(C)C[C@@H]1CC(=O)Oc2cc(O)c3c(=O)c(-c4ccc(O)cc4)coc3c21. The maximum Gasteiger partial charge on any atom is 0.311 e. The van der Waals surface area contributed by atoms with Crippen LogP contribution in [0.2, 0.25) is 0 Å². The number of carbonyl (C=O) groups excluding carboxylic acids is 1. The van der Waals surface area contributed by atoms with E-state index in [-0.39, 0.29) is 57.5 Å². The van der Waals surface area contributed by atoms with Crippen LogP contribution in [-0.2, 0) is 4.79 Å². The van der Waals surface area contributed by atoms with Crippen molar-refractivity contribution >= 4 is 16.9 Å². The summed E-state index contributed by atoms with van der Waals surface area (Å²) in [6.45, 7) is 4.11. The molecule has 3 aromatic rings. The molecule has 1 aliphatic rings. The minimum absolute atomic E-state index is 0.0658. The first-order chi connectivity index (χ1) is 13.3. The summed E-state index contributed by atoms with van der Waals surface area (Å²) < 4.78 is 11.1. The van der Waals surface area contributed by atoms with Crippen molar-refractivity contribution in [3.8, 4) is 28.4 Å². The zero-order valence-electron chi connectivity index (χ0n) is 15.6. The molecule has 0 aliphatic carbocycles. The predicted molar refractivity (Wildman–Crippen MR) is 104 cm³/mol.